The van der Waals surface area contributed by atoms with Crippen molar-refractivity contribution in [2.24, 2.45) is 0 Å². The number of anilines is 3. The molecule has 3 N–H and O–H groups in total. The Morgan fingerprint density at radius 1 is 0.270 bits per heavy atom. The van der Waals surface area contributed by atoms with Crippen molar-refractivity contribution in [3.63, 3.8) is 0 Å². The van der Waals surface area contributed by atoms with Crippen molar-refractivity contribution in [1.29, 1.82) is 0 Å². The fourth-order valence-electron chi connectivity index (χ4n) is 7.34. The molecule has 0 aliphatic rings. The third kappa shape index (κ3) is 12.8. The van der Waals surface area contributed by atoms with Crippen molar-refractivity contribution >= 4 is 24.9 Å². The number of phosphoric acid groups is 1. The van der Waals surface area contributed by atoms with E-state index in [1.807, 2.05) is 187 Å². The van der Waals surface area contributed by atoms with Gasteiger partial charge in [0, 0.05) is 18.2 Å². The minimum absolute atomic E-state index is 0.250. The van der Waals surface area contributed by atoms with Crippen molar-refractivity contribution in [2.45, 2.75) is 41.5 Å². The van der Waals surface area contributed by atoms with E-state index in [0.717, 1.165) is 33.4 Å². The van der Waals surface area contributed by atoms with Crippen LogP contribution in [0.2, 0.25) is 0 Å². The Balaban J connectivity index is 1.06. The molecule has 13 nitrogen and oxygen atoms in total. The second kappa shape index (κ2) is 23.2. The van der Waals surface area contributed by atoms with Gasteiger partial charge in [-0.2, -0.15) is 13.9 Å². The second-order valence-electron chi connectivity index (χ2n) is 17.2. The van der Waals surface area contributed by atoms with Gasteiger partial charge in [-0.25, -0.2) is 4.57 Å². The van der Waals surface area contributed by atoms with Gasteiger partial charge in [0.25, 0.3) is 0 Å². The molecule has 74 heavy (non-hydrogen) atoms. The molecule has 0 atom stereocenters. The van der Waals surface area contributed by atoms with Crippen molar-refractivity contribution < 1.29 is 46.9 Å². The lowest BCUT2D eigenvalue weighted by molar-refractivity contribution is 0.172. The Labute approximate surface area is 430 Å². The van der Waals surface area contributed by atoms with Crippen LogP contribution in [0, 0.1) is 41.5 Å². The molecule has 0 saturated carbocycles. The monoisotopic (exact) mass is 1010 g/mol. The molecule has 9 aromatic carbocycles. The van der Waals surface area contributed by atoms with E-state index in [2.05, 4.69) is 16.4 Å². The molecule has 0 radical (unpaired) electrons. The van der Waals surface area contributed by atoms with Crippen LogP contribution >= 0.6 is 7.82 Å². The third-order valence-electron chi connectivity index (χ3n) is 11.6. The fourth-order valence-corrected chi connectivity index (χ4v) is 8.08. The number of benzene rings is 9. The normalized spacial score (nSPS) is 11.1. The molecule has 0 spiro atoms. The summed E-state index contributed by atoms with van der Waals surface area (Å²) in [6, 6.07) is 60.9. The van der Waals surface area contributed by atoms with Crippen LogP contribution in [-0.2, 0) is 18.4 Å². The Morgan fingerprint density at radius 3 is 0.716 bits per heavy atom. The molecule has 9 aromatic rings. The van der Waals surface area contributed by atoms with Crippen LogP contribution < -0.4 is 44.9 Å². The standard InChI is InChI=1S/C60H54N3O10P/c1-40-19-7-13-25-52(40)65-46-31-34-49(58(37-46)68-55-28-16-10-22-43(55)4)61-71-74(64,72-62-50-35-32-47(66-53-26-14-8-20-41(53)2)38-59(50)69-56-29-17-11-23-44(56)5)73-63-51-36-33-48(67-54-27-15-9-21-42(54)3)39-60(51)70-57-30-18-12-24-45(57)6/h7-39,61-63H,1-6H3. The van der Waals surface area contributed by atoms with Crippen molar-refractivity contribution in [3.05, 3.63) is 234 Å². The van der Waals surface area contributed by atoms with Crippen LogP contribution in [0.15, 0.2) is 200 Å². The van der Waals surface area contributed by atoms with E-state index in [-0.39, 0.29) is 34.3 Å². The van der Waals surface area contributed by atoms with E-state index in [4.69, 9.17) is 42.3 Å². The Hall–Kier alpha value is -8.71. The zero-order chi connectivity index (χ0) is 51.4. The van der Waals surface area contributed by atoms with Crippen LogP contribution in [0.5, 0.6) is 69.0 Å². The van der Waals surface area contributed by atoms with Gasteiger partial charge in [0.2, 0.25) is 0 Å². The number of para-hydroxylation sites is 6. The second-order valence-corrected chi connectivity index (χ2v) is 18.6. The van der Waals surface area contributed by atoms with Gasteiger partial charge in [-0.1, -0.05) is 109 Å². The van der Waals surface area contributed by atoms with E-state index < -0.39 is 7.82 Å². The summed E-state index contributed by atoms with van der Waals surface area (Å²) in [5.74, 6) is 5.91. The summed E-state index contributed by atoms with van der Waals surface area (Å²) < 4.78 is 71.7. The topological polar surface area (TPSA) is 136 Å². The van der Waals surface area contributed by atoms with Gasteiger partial charge in [-0.05, 0) is 148 Å². The zero-order valence-corrected chi connectivity index (χ0v) is 42.5. The highest BCUT2D eigenvalue weighted by atomic mass is 31.2. The van der Waals surface area contributed by atoms with Crippen LogP contribution in [-0.4, -0.2) is 0 Å². The number of hydrogen-bond donors (Lipinski definition) is 3. The highest BCUT2D eigenvalue weighted by Gasteiger charge is 2.32. The summed E-state index contributed by atoms with van der Waals surface area (Å²) in [4.78, 5) is 0. The van der Waals surface area contributed by atoms with E-state index in [1.165, 1.54) is 0 Å². The van der Waals surface area contributed by atoms with Crippen LogP contribution in [0.4, 0.5) is 17.1 Å². The molecular weight excluding hydrogens is 954 g/mol. The van der Waals surface area contributed by atoms with Gasteiger partial charge in [-0.15, -0.1) is 0 Å². The lowest BCUT2D eigenvalue weighted by Gasteiger charge is -2.22. The number of aryl methyl sites for hydroxylation is 6. The van der Waals surface area contributed by atoms with Crippen molar-refractivity contribution in [1.82, 2.24) is 0 Å². The minimum Gasteiger partial charge on any atom is -0.457 e. The number of nitrogens with one attached hydrogen (secondary N) is 3. The highest BCUT2D eigenvalue weighted by Crippen LogP contribution is 2.52. The van der Waals surface area contributed by atoms with E-state index in [0.29, 0.717) is 51.7 Å². The first-order chi connectivity index (χ1) is 35.9. The number of hydrogen-bond acceptors (Lipinski definition) is 13. The summed E-state index contributed by atoms with van der Waals surface area (Å²) in [6.45, 7) is 11.7. The first kappa shape index (κ1) is 50.2. The van der Waals surface area contributed by atoms with E-state index in [1.54, 1.807) is 54.6 Å². The summed E-state index contributed by atoms with van der Waals surface area (Å²) in [6.07, 6.45) is 0. The molecule has 0 fully saturated rings. The summed E-state index contributed by atoms with van der Waals surface area (Å²) in [5.41, 5.74) is 14.6. The average molecular weight is 1010 g/mol. The Kier molecular flexibility index (Phi) is 15.8. The predicted molar refractivity (Wildman–Crippen MR) is 289 cm³/mol. The van der Waals surface area contributed by atoms with Crippen molar-refractivity contribution in [2.75, 3.05) is 16.4 Å². The van der Waals surface area contributed by atoms with Gasteiger partial charge in [-0.3, -0.25) is 16.4 Å². The maximum Gasteiger partial charge on any atom is 0.539 e. The molecule has 0 saturated heterocycles. The summed E-state index contributed by atoms with van der Waals surface area (Å²) in [7, 11) is -4.86. The summed E-state index contributed by atoms with van der Waals surface area (Å²) in [5, 5.41) is 0. The Morgan fingerprint density at radius 2 is 0.486 bits per heavy atom. The lowest BCUT2D eigenvalue weighted by atomic mass is 10.2. The molecule has 0 unspecified atom stereocenters. The third-order valence-corrected chi connectivity index (χ3v) is 12.5. The van der Waals surface area contributed by atoms with Crippen molar-refractivity contribution in [3.8, 4) is 69.0 Å². The molecular formula is C60H54N3O10P. The molecule has 9 rings (SSSR count). The molecule has 0 aliphatic carbocycles. The van der Waals surface area contributed by atoms with Gasteiger partial charge in [0.05, 0.1) is 0 Å². The quantitative estimate of drug-likeness (QED) is 0.0466. The minimum atomic E-state index is -4.86. The van der Waals surface area contributed by atoms with E-state index >= 15 is 4.57 Å². The zero-order valence-electron chi connectivity index (χ0n) is 41.6. The lowest BCUT2D eigenvalue weighted by Crippen LogP contribution is -2.13. The fraction of sp³-hybridized carbons (Fsp3) is 0.100. The van der Waals surface area contributed by atoms with E-state index in [9.17, 15) is 0 Å². The largest absolute Gasteiger partial charge is 0.539 e. The first-order valence-electron chi connectivity index (χ1n) is 23.7. The number of ether oxygens (including phenoxy) is 6. The molecule has 0 bridgehead atoms. The molecule has 14 heteroatoms. The predicted octanol–water partition coefficient (Wildman–Crippen LogP) is 17.8. The average Bonchev–Trinajstić information content (AvgIpc) is 3.40. The first-order valence-corrected chi connectivity index (χ1v) is 25.2. The van der Waals surface area contributed by atoms with Gasteiger partial charge in [0.15, 0.2) is 17.2 Å². The molecule has 0 heterocycles. The van der Waals surface area contributed by atoms with Gasteiger partial charge >= 0.3 is 7.82 Å². The SMILES string of the molecule is Cc1ccccc1Oc1ccc(NOP(=O)(ONc2ccc(Oc3ccccc3C)cc2Oc2ccccc2C)ONc2ccc(Oc3ccccc3C)cc2Oc2ccccc2C)c(Oc2ccccc2C)c1. The summed E-state index contributed by atoms with van der Waals surface area (Å²) >= 11 is 0. The van der Waals surface area contributed by atoms with Crippen LogP contribution in [0.3, 0.4) is 0 Å². The molecule has 0 aliphatic heterocycles. The van der Waals surface area contributed by atoms with Gasteiger partial charge in [0.1, 0.15) is 68.8 Å². The number of rotatable bonds is 21. The highest BCUT2D eigenvalue weighted by molar-refractivity contribution is 7.48. The maximum absolute atomic E-state index is 15.3. The van der Waals surface area contributed by atoms with Crippen LogP contribution in [0.1, 0.15) is 33.4 Å². The van der Waals surface area contributed by atoms with Crippen LogP contribution in [0.25, 0.3) is 0 Å². The molecule has 0 aromatic heterocycles. The maximum atomic E-state index is 15.3. The smallest absolute Gasteiger partial charge is 0.457 e. The molecule has 374 valence electrons. The Bertz CT molecular complexity index is 3100. The molecule has 0 amide bonds. The van der Waals surface area contributed by atoms with Gasteiger partial charge < -0.3 is 28.4 Å².